The number of anilines is 1. The minimum atomic E-state index is 0.395. The van der Waals surface area contributed by atoms with E-state index in [1.54, 1.807) is 6.20 Å². The first-order valence-corrected chi connectivity index (χ1v) is 9.45. The van der Waals surface area contributed by atoms with Crippen LogP contribution in [0.5, 0.6) is 0 Å². The van der Waals surface area contributed by atoms with Crippen LogP contribution >= 0.6 is 11.3 Å². The summed E-state index contributed by atoms with van der Waals surface area (Å²) in [4.78, 5) is 8.42. The largest absolute Gasteiger partial charge is 0.382 e. The van der Waals surface area contributed by atoms with Crippen molar-refractivity contribution in [1.82, 2.24) is 9.88 Å². The van der Waals surface area contributed by atoms with Gasteiger partial charge in [-0.05, 0) is 36.4 Å². The van der Waals surface area contributed by atoms with E-state index in [-0.39, 0.29) is 0 Å². The molecule has 1 unspecified atom stereocenters. The number of pyridine rings is 1. The monoisotopic (exact) mass is 348 g/mol. The summed E-state index contributed by atoms with van der Waals surface area (Å²) in [5.74, 6) is 0. The van der Waals surface area contributed by atoms with Crippen LogP contribution in [0.3, 0.4) is 0 Å². The number of para-hydroxylation sites is 1. The van der Waals surface area contributed by atoms with E-state index >= 15 is 0 Å². The van der Waals surface area contributed by atoms with Crippen molar-refractivity contribution in [3.63, 3.8) is 0 Å². The van der Waals surface area contributed by atoms with Crippen molar-refractivity contribution >= 4 is 27.9 Å². The Bertz CT molecular complexity index is 940. The molecule has 1 atom stereocenters. The second kappa shape index (κ2) is 6.83. The maximum atomic E-state index is 9.44. The third kappa shape index (κ3) is 3.11. The Morgan fingerprint density at radius 2 is 2.24 bits per heavy atom. The quantitative estimate of drug-likeness (QED) is 0.773. The predicted octanol–water partition coefficient (Wildman–Crippen LogP) is 4.03. The Morgan fingerprint density at radius 1 is 1.36 bits per heavy atom. The molecule has 0 spiro atoms. The molecule has 3 aromatic rings. The van der Waals surface area contributed by atoms with Gasteiger partial charge in [-0.2, -0.15) is 5.26 Å². The molecule has 4 nitrogen and oxygen atoms in total. The molecule has 0 bridgehead atoms. The van der Waals surface area contributed by atoms with Gasteiger partial charge in [-0.3, -0.25) is 9.88 Å². The van der Waals surface area contributed by atoms with E-state index in [2.05, 4.69) is 39.6 Å². The molecule has 126 valence electrons. The van der Waals surface area contributed by atoms with E-state index in [9.17, 15) is 5.26 Å². The van der Waals surface area contributed by atoms with Gasteiger partial charge in [0, 0.05) is 42.1 Å². The number of benzene rings is 1. The summed E-state index contributed by atoms with van der Waals surface area (Å²) in [7, 11) is 0. The summed E-state index contributed by atoms with van der Waals surface area (Å²) < 4.78 is 0. The van der Waals surface area contributed by atoms with Gasteiger partial charge < -0.3 is 5.32 Å². The molecule has 0 aliphatic carbocycles. The van der Waals surface area contributed by atoms with Gasteiger partial charge in [0.25, 0.3) is 0 Å². The Morgan fingerprint density at radius 3 is 3.12 bits per heavy atom. The van der Waals surface area contributed by atoms with E-state index < -0.39 is 0 Å². The summed E-state index contributed by atoms with van der Waals surface area (Å²) >= 11 is 1.87. The molecule has 5 heteroatoms. The number of fused-ring (bicyclic) bond motifs is 2. The molecule has 1 aliphatic heterocycles. The van der Waals surface area contributed by atoms with Gasteiger partial charge in [0.05, 0.1) is 16.8 Å². The predicted molar refractivity (Wildman–Crippen MR) is 103 cm³/mol. The van der Waals surface area contributed by atoms with Crippen molar-refractivity contribution < 1.29 is 0 Å². The van der Waals surface area contributed by atoms with Crippen LogP contribution in [0.2, 0.25) is 0 Å². The highest BCUT2D eigenvalue weighted by atomic mass is 32.1. The topological polar surface area (TPSA) is 52.0 Å². The molecule has 0 radical (unpaired) electrons. The highest BCUT2D eigenvalue weighted by molar-refractivity contribution is 7.10. The van der Waals surface area contributed by atoms with E-state index in [0.29, 0.717) is 11.6 Å². The maximum Gasteiger partial charge on any atom is 0.103 e. The summed E-state index contributed by atoms with van der Waals surface area (Å²) in [5, 5.41) is 16.2. The number of rotatable bonds is 4. The number of hydrogen-bond acceptors (Lipinski definition) is 5. The number of hydrogen-bond donors (Lipinski definition) is 1. The van der Waals surface area contributed by atoms with Gasteiger partial charge in [-0.15, -0.1) is 11.3 Å². The second-order valence-corrected chi connectivity index (χ2v) is 7.50. The fourth-order valence-corrected chi connectivity index (χ4v) is 4.33. The maximum absolute atomic E-state index is 9.44. The minimum absolute atomic E-state index is 0.395. The summed E-state index contributed by atoms with van der Waals surface area (Å²) in [6, 6.07) is 12.9. The smallest absolute Gasteiger partial charge is 0.103 e. The van der Waals surface area contributed by atoms with Crippen LogP contribution in [0.15, 0.2) is 41.9 Å². The molecule has 0 fully saturated rings. The van der Waals surface area contributed by atoms with Crippen LogP contribution in [-0.2, 0) is 13.0 Å². The fraction of sp³-hybridized carbons (Fsp3) is 0.300. The number of nitriles is 1. The third-order valence-electron chi connectivity index (χ3n) is 4.93. The first-order chi connectivity index (χ1) is 12.3. The Hall–Kier alpha value is -2.42. The molecule has 0 saturated carbocycles. The summed E-state index contributed by atoms with van der Waals surface area (Å²) in [6.07, 6.45) is 2.80. The van der Waals surface area contributed by atoms with Crippen LogP contribution < -0.4 is 5.32 Å². The number of thiophene rings is 1. The molecule has 25 heavy (non-hydrogen) atoms. The Balaban J connectivity index is 1.52. The van der Waals surface area contributed by atoms with Crippen LogP contribution in [0, 0.1) is 11.3 Å². The molecule has 4 rings (SSSR count). The lowest BCUT2D eigenvalue weighted by molar-refractivity contribution is 0.200. The molecule has 1 N–H and O–H groups in total. The molecule has 3 heterocycles. The van der Waals surface area contributed by atoms with Crippen molar-refractivity contribution in [1.29, 1.82) is 5.26 Å². The van der Waals surface area contributed by atoms with Crippen molar-refractivity contribution in [2.45, 2.75) is 25.9 Å². The van der Waals surface area contributed by atoms with Gasteiger partial charge in [-0.1, -0.05) is 18.2 Å². The zero-order chi connectivity index (χ0) is 17.2. The number of aromatic nitrogens is 1. The van der Waals surface area contributed by atoms with Crippen molar-refractivity contribution in [3.05, 3.63) is 57.9 Å². The Labute approximate surface area is 151 Å². The lowest BCUT2D eigenvalue weighted by Crippen LogP contribution is -2.40. The molecule has 2 aromatic heterocycles. The van der Waals surface area contributed by atoms with E-state index in [4.69, 9.17) is 0 Å². The van der Waals surface area contributed by atoms with Gasteiger partial charge in [-0.25, -0.2) is 0 Å². The van der Waals surface area contributed by atoms with E-state index in [0.717, 1.165) is 42.6 Å². The highest BCUT2D eigenvalue weighted by Gasteiger charge is 2.21. The Kier molecular flexibility index (Phi) is 4.39. The first kappa shape index (κ1) is 16.1. The van der Waals surface area contributed by atoms with E-state index in [1.807, 2.05) is 35.6 Å². The van der Waals surface area contributed by atoms with Crippen LogP contribution in [-0.4, -0.2) is 29.0 Å². The standard InChI is InChI=1S/C20H20N4S/c1-14(24-8-6-19-15(13-24)7-9-25-19)11-23-20-16(10-21)12-22-18-5-3-2-4-17(18)20/h2-5,7,9,12,14H,6,8,11,13H2,1H3,(H,22,23). The SMILES string of the molecule is CC(CNc1c(C#N)cnc2ccccc12)N1CCc2sccc2C1. The van der Waals surface area contributed by atoms with Crippen LogP contribution in [0.1, 0.15) is 22.9 Å². The lowest BCUT2D eigenvalue weighted by atomic mass is 10.1. The average molecular weight is 348 g/mol. The van der Waals surface area contributed by atoms with E-state index in [1.165, 1.54) is 10.4 Å². The molecule has 0 amide bonds. The minimum Gasteiger partial charge on any atom is -0.382 e. The van der Waals surface area contributed by atoms with Gasteiger partial charge in [0.15, 0.2) is 0 Å². The molecule has 0 saturated heterocycles. The molecule has 1 aromatic carbocycles. The number of nitrogens with one attached hydrogen (secondary N) is 1. The molecule has 1 aliphatic rings. The normalized spacial score (nSPS) is 15.5. The second-order valence-electron chi connectivity index (χ2n) is 6.50. The lowest BCUT2D eigenvalue weighted by Gasteiger charge is -2.32. The summed E-state index contributed by atoms with van der Waals surface area (Å²) in [6.45, 7) is 5.17. The summed E-state index contributed by atoms with van der Waals surface area (Å²) in [5.41, 5.74) is 3.88. The third-order valence-corrected chi connectivity index (χ3v) is 5.95. The van der Waals surface area contributed by atoms with Crippen LogP contribution in [0.4, 0.5) is 5.69 Å². The van der Waals surface area contributed by atoms with Gasteiger partial charge in [0.2, 0.25) is 0 Å². The zero-order valence-corrected chi connectivity index (χ0v) is 15.0. The van der Waals surface area contributed by atoms with Crippen molar-refractivity contribution in [3.8, 4) is 6.07 Å². The molecular formula is C20H20N4S. The first-order valence-electron chi connectivity index (χ1n) is 8.57. The van der Waals surface area contributed by atoms with Crippen molar-refractivity contribution in [2.75, 3.05) is 18.4 Å². The van der Waals surface area contributed by atoms with Gasteiger partial charge in [0.1, 0.15) is 6.07 Å². The van der Waals surface area contributed by atoms with Crippen molar-refractivity contribution in [2.24, 2.45) is 0 Å². The van der Waals surface area contributed by atoms with Crippen LogP contribution in [0.25, 0.3) is 10.9 Å². The average Bonchev–Trinajstić information content (AvgIpc) is 3.13. The zero-order valence-electron chi connectivity index (χ0n) is 14.2. The van der Waals surface area contributed by atoms with Gasteiger partial charge >= 0.3 is 0 Å². The molecular weight excluding hydrogens is 328 g/mol. The number of nitrogens with zero attached hydrogens (tertiary/aromatic N) is 3. The fourth-order valence-electron chi connectivity index (χ4n) is 3.44. The highest BCUT2D eigenvalue weighted by Crippen LogP contribution is 2.27.